The Labute approximate surface area is 95.8 Å². The van der Waals surface area contributed by atoms with Crippen molar-refractivity contribution < 1.29 is 19.7 Å². The summed E-state index contributed by atoms with van der Waals surface area (Å²) in [7, 11) is 0.664. The van der Waals surface area contributed by atoms with Crippen LogP contribution < -0.4 is 5.23 Å². The van der Waals surface area contributed by atoms with E-state index in [9.17, 15) is 9.59 Å². The molecule has 1 unspecified atom stereocenters. The fourth-order valence-electron chi connectivity index (χ4n) is 1.24. The number of likely N-dealkylation sites (N-methyl/N-ethyl adjacent to an activating group) is 1. The molecule has 3 N–H and O–H groups in total. The van der Waals surface area contributed by atoms with Crippen molar-refractivity contribution in [2.75, 3.05) is 13.6 Å². The topological polar surface area (TPSA) is 89.9 Å². The van der Waals surface area contributed by atoms with Gasteiger partial charge in [0.1, 0.15) is 6.04 Å². The number of aliphatic carboxylic acids is 1. The molecule has 0 radical (unpaired) electrons. The van der Waals surface area contributed by atoms with Crippen molar-refractivity contribution in [1.29, 1.82) is 0 Å². The lowest BCUT2D eigenvalue weighted by Gasteiger charge is -2.25. The summed E-state index contributed by atoms with van der Waals surface area (Å²) in [6.45, 7) is 3.38. The van der Waals surface area contributed by atoms with Crippen molar-refractivity contribution in [1.82, 2.24) is 10.1 Å². The van der Waals surface area contributed by atoms with E-state index >= 15 is 0 Å². The molecule has 0 aliphatic rings. The van der Waals surface area contributed by atoms with Crippen LogP contribution in [0.1, 0.15) is 19.8 Å². The number of carboxylic acid groups (broad SMARTS) is 1. The van der Waals surface area contributed by atoms with E-state index in [1.165, 1.54) is 18.8 Å². The maximum atomic E-state index is 11.5. The molecule has 0 aliphatic heterocycles. The molecule has 7 heteroatoms. The standard InChI is InChI=1S/C9H19BN2O4/c1-4-5-8(13)12(3)7(9(14)15)6-11-10(2)16/h7,11,16H,4-6H2,1-3H3,(H,14,15). The molecule has 0 rings (SSSR count). The van der Waals surface area contributed by atoms with Crippen LogP contribution >= 0.6 is 0 Å². The second-order valence-electron chi connectivity index (χ2n) is 3.69. The van der Waals surface area contributed by atoms with E-state index in [0.717, 1.165) is 0 Å². The van der Waals surface area contributed by atoms with Gasteiger partial charge in [-0.05, 0) is 13.2 Å². The van der Waals surface area contributed by atoms with Crippen molar-refractivity contribution in [2.45, 2.75) is 32.6 Å². The van der Waals surface area contributed by atoms with E-state index in [1.807, 2.05) is 6.92 Å². The number of hydrogen-bond donors (Lipinski definition) is 3. The van der Waals surface area contributed by atoms with Crippen LogP contribution in [0.5, 0.6) is 0 Å². The molecule has 0 aromatic heterocycles. The smallest absolute Gasteiger partial charge is 0.373 e. The van der Waals surface area contributed by atoms with E-state index in [4.69, 9.17) is 10.1 Å². The minimum atomic E-state index is -1.08. The average Bonchev–Trinajstić information content (AvgIpc) is 2.17. The molecule has 0 heterocycles. The van der Waals surface area contributed by atoms with E-state index in [-0.39, 0.29) is 12.5 Å². The zero-order valence-electron chi connectivity index (χ0n) is 9.93. The first-order valence-corrected chi connectivity index (χ1v) is 5.30. The fraction of sp³-hybridized carbons (Fsp3) is 0.778. The predicted octanol–water partition coefficient (Wildman–Crippen LogP) is -0.602. The first kappa shape index (κ1) is 14.9. The third-order valence-corrected chi connectivity index (χ3v) is 2.22. The van der Waals surface area contributed by atoms with E-state index < -0.39 is 19.1 Å². The van der Waals surface area contributed by atoms with Gasteiger partial charge in [0.05, 0.1) is 0 Å². The SMILES string of the molecule is CCCC(=O)N(C)C(CNB(C)O)C(=O)O. The van der Waals surface area contributed by atoms with E-state index in [0.29, 0.717) is 12.8 Å². The Morgan fingerprint density at radius 2 is 2.06 bits per heavy atom. The van der Waals surface area contributed by atoms with Crippen molar-refractivity contribution >= 4 is 18.9 Å². The van der Waals surface area contributed by atoms with Gasteiger partial charge in [0.15, 0.2) is 0 Å². The number of carboxylic acids is 1. The Bertz CT molecular complexity index is 248. The molecule has 16 heavy (non-hydrogen) atoms. The Balaban J connectivity index is 4.40. The van der Waals surface area contributed by atoms with Gasteiger partial charge in [-0.25, -0.2) is 4.79 Å². The van der Waals surface area contributed by atoms with Crippen LogP contribution in [0.2, 0.25) is 6.82 Å². The average molecular weight is 230 g/mol. The highest BCUT2D eigenvalue weighted by Gasteiger charge is 2.26. The van der Waals surface area contributed by atoms with Crippen LogP contribution in [0.15, 0.2) is 0 Å². The Kier molecular flexibility index (Phi) is 6.75. The van der Waals surface area contributed by atoms with Crippen LogP contribution in [0, 0.1) is 0 Å². The van der Waals surface area contributed by atoms with Crippen LogP contribution in [-0.2, 0) is 9.59 Å². The number of carbonyl (C=O) groups is 2. The third-order valence-electron chi connectivity index (χ3n) is 2.22. The van der Waals surface area contributed by atoms with Crippen LogP contribution in [0.25, 0.3) is 0 Å². The summed E-state index contributed by atoms with van der Waals surface area (Å²) >= 11 is 0. The van der Waals surface area contributed by atoms with Crippen molar-refractivity contribution in [3.8, 4) is 0 Å². The largest absolute Gasteiger partial charge is 0.480 e. The van der Waals surface area contributed by atoms with Gasteiger partial charge in [-0.1, -0.05) is 6.92 Å². The summed E-state index contributed by atoms with van der Waals surface area (Å²) in [5.41, 5.74) is 0. The van der Waals surface area contributed by atoms with Crippen LogP contribution in [-0.4, -0.2) is 53.6 Å². The van der Waals surface area contributed by atoms with Crippen LogP contribution in [0.4, 0.5) is 0 Å². The Morgan fingerprint density at radius 3 is 2.44 bits per heavy atom. The molecule has 6 nitrogen and oxygen atoms in total. The molecule has 0 saturated heterocycles. The molecule has 0 aromatic rings. The van der Waals surface area contributed by atoms with Gasteiger partial charge in [0, 0.05) is 20.0 Å². The van der Waals surface area contributed by atoms with E-state index in [1.54, 1.807) is 0 Å². The third kappa shape index (κ3) is 5.13. The maximum absolute atomic E-state index is 11.5. The second-order valence-corrected chi connectivity index (χ2v) is 3.69. The van der Waals surface area contributed by atoms with Crippen molar-refractivity contribution in [3.05, 3.63) is 0 Å². The molecular weight excluding hydrogens is 211 g/mol. The highest BCUT2D eigenvalue weighted by Crippen LogP contribution is 2.01. The highest BCUT2D eigenvalue weighted by molar-refractivity contribution is 6.45. The molecule has 92 valence electrons. The number of nitrogens with zero attached hydrogens (tertiary/aromatic N) is 1. The lowest BCUT2D eigenvalue weighted by Crippen LogP contribution is -2.50. The summed E-state index contributed by atoms with van der Waals surface area (Å²) in [6, 6.07) is -0.950. The Hall–Kier alpha value is -1.08. The molecule has 0 saturated carbocycles. The van der Waals surface area contributed by atoms with Gasteiger partial charge in [0.25, 0.3) is 0 Å². The first-order chi connectivity index (χ1) is 7.40. The van der Waals surface area contributed by atoms with Gasteiger partial charge >= 0.3 is 13.0 Å². The van der Waals surface area contributed by atoms with Crippen molar-refractivity contribution in [3.63, 3.8) is 0 Å². The number of carbonyl (C=O) groups excluding carboxylic acids is 1. The van der Waals surface area contributed by atoms with Crippen LogP contribution in [0.3, 0.4) is 0 Å². The molecule has 0 aromatic carbocycles. The van der Waals surface area contributed by atoms with Gasteiger partial charge in [-0.3, -0.25) is 4.79 Å². The monoisotopic (exact) mass is 230 g/mol. The molecule has 0 spiro atoms. The van der Waals surface area contributed by atoms with Crippen molar-refractivity contribution in [2.24, 2.45) is 0 Å². The molecule has 0 fully saturated rings. The lowest BCUT2D eigenvalue weighted by atomic mass is 9.88. The molecule has 0 aliphatic carbocycles. The zero-order valence-corrected chi connectivity index (χ0v) is 9.93. The number of hydrogen-bond acceptors (Lipinski definition) is 4. The zero-order chi connectivity index (χ0) is 12.7. The van der Waals surface area contributed by atoms with E-state index in [2.05, 4.69) is 5.23 Å². The summed E-state index contributed by atoms with van der Waals surface area (Å²) in [6.07, 6.45) is 1.01. The minimum Gasteiger partial charge on any atom is -0.480 e. The lowest BCUT2D eigenvalue weighted by molar-refractivity contribution is -0.148. The number of nitrogens with one attached hydrogen (secondary N) is 1. The summed E-state index contributed by atoms with van der Waals surface area (Å²) in [5.74, 6) is -1.29. The normalized spacial score (nSPS) is 12.0. The number of rotatable bonds is 7. The summed E-state index contributed by atoms with van der Waals surface area (Å²) < 4.78 is 0. The van der Waals surface area contributed by atoms with Gasteiger partial charge in [-0.2, -0.15) is 0 Å². The second kappa shape index (κ2) is 7.24. The highest BCUT2D eigenvalue weighted by atomic mass is 16.4. The first-order valence-electron chi connectivity index (χ1n) is 5.30. The minimum absolute atomic E-state index is 0.0267. The summed E-state index contributed by atoms with van der Waals surface area (Å²) in [4.78, 5) is 23.6. The van der Waals surface area contributed by atoms with Gasteiger partial charge < -0.3 is 20.3 Å². The molecule has 1 amide bonds. The molecular formula is C9H19BN2O4. The molecule has 0 bridgehead atoms. The molecule has 1 atom stereocenters. The number of amides is 1. The maximum Gasteiger partial charge on any atom is 0.373 e. The van der Waals surface area contributed by atoms with Gasteiger partial charge in [-0.15, -0.1) is 0 Å². The van der Waals surface area contributed by atoms with Gasteiger partial charge in [0.2, 0.25) is 5.91 Å². The quantitative estimate of drug-likeness (QED) is 0.508. The Morgan fingerprint density at radius 1 is 1.50 bits per heavy atom. The summed E-state index contributed by atoms with van der Waals surface area (Å²) in [5, 5.41) is 20.5. The fourth-order valence-corrected chi connectivity index (χ4v) is 1.24. The predicted molar refractivity (Wildman–Crippen MR) is 60.9 cm³/mol.